The van der Waals surface area contributed by atoms with Gasteiger partial charge in [-0.2, -0.15) is 0 Å². The Kier molecular flexibility index (Phi) is 6.49. The van der Waals surface area contributed by atoms with E-state index in [1.807, 2.05) is 19.0 Å². The minimum atomic E-state index is -2.76. The zero-order valence-electron chi connectivity index (χ0n) is 20.4. The zero-order valence-corrected chi connectivity index (χ0v) is 20.4. The standard InChI is InChI=1S/C26H27F3N4O4/c1-31(2)9-4-10-32-25(35)18-12-16-21-17(7-8-19(22(21)29)37-13-20(27)28)30-23(16)24(33(18)26(32)36)14-5-3-6-15(34)11-14/h3,5-8,11,18,20,24,30,34H,4,9-10,12-13H2,1-2H3. The normalized spacial score (nSPS) is 19.3. The van der Waals surface area contributed by atoms with Crippen LogP contribution in [0.25, 0.3) is 10.9 Å². The van der Waals surface area contributed by atoms with E-state index in [1.165, 1.54) is 34.1 Å². The maximum Gasteiger partial charge on any atom is 0.328 e. The molecule has 11 heteroatoms. The van der Waals surface area contributed by atoms with Crippen LogP contribution in [0.5, 0.6) is 11.5 Å². The van der Waals surface area contributed by atoms with Crippen LogP contribution in [-0.2, 0) is 11.2 Å². The van der Waals surface area contributed by atoms with Crippen molar-refractivity contribution in [2.45, 2.75) is 31.4 Å². The first kappa shape index (κ1) is 24.9. The van der Waals surface area contributed by atoms with Gasteiger partial charge in [0.2, 0.25) is 0 Å². The van der Waals surface area contributed by atoms with Crippen molar-refractivity contribution in [1.82, 2.24) is 19.7 Å². The van der Waals surface area contributed by atoms with Gasteiger partial charge < -0.3 is 19.7 Å². The molecule has 1 saturated heterocycles. The van der Waals surface area contributed by atoms with Crippen LogP contribution in [0.1, 0.15) is 29.3 Å². The lowest BCUT2D eigenvalue weighted by Crippen LogP contribution is -2.44. The van der Waals surface area contributed by atoms with Crippen molar-refractivity contribution in [3.05, 3.63) is 59.0 Å². The van der Waals surface area contributed by atoms with E-state index in [-0.39, 0.29) is 35.8 Å². The Labute approximate surface area is 211 Å². The second kappa shape index (κ2) is 9.62. The number of aromatic nitrogens is 1. The number of alkyl halides is 2. The molecule has 3 heterocycles. The van der Waals surface area contributed by atoms with Gasteiger partial charge in [0.05, 0.1) is 0 Å². The number of ether oxygens (including phenoxy) is 1. The lowest BCUT2D eigenvalue weighted by molar-refractivity contribution is -0.128. The highest BCUT2D eigenvalue weighted by Crippen LogP contribution is 2.45. The van der Waals surface area contributed by atoms with Crippen LogP contribution in [0.15, 0.2) is 36.4 Å². The number of imide groups is 1. The van der Waals surface area contributed by atoms with Crippen molar-refractivity contribution in [2.75, 3.05) is 33.8 Å². The number of hydrogen-bond acceptors (Lipinski definition) is 5. The topological polar surface area (TPSA) is 89.1 Å². The lowest BCUT2D eigenvalue weighted by Gasteiger charge is -2.36. The predicted octanol–water partition coefficient (Wildman–Crippen LogP) is 3.89. The van der Waals surface area contributed by atoms with Gasteiger partial charge in [-0.05, 0) is 62.5 Å². The molecule has 0 saturated carbocycles. The molecular weight excluding hydrogens is 489 g/mol. The molecule has 3 amide bonds. The van der Waals surface area contributed by atoms with Crippen molar-refractivity contribution in [1.29, 1.82) is 0 Å². The van der Waals surface area contributed by atoms with Crippen LogP contribution < -0.4 is 4.74 Å². The van der Waals surface area contributed by atoms with Crippen LogP contribution in [0.4, 0.5) is 18.0 Å². The third-order valence-corrected chi connectivity index (χ3v) is 6.83. The number of phenolic OH excluding ortho intramolecular Hbond substituents is 1. The molecule has 0 bridgehead atoms. The van der Waals surface area contributed by atoms with Gasteiger partial charge in [-0.25, -0.2) is 18.0 Å². The number of hydrogen-bond donors (Lipinski definition) is 2. The number of nitrogens with zero attached hydrogens (tertiary/aromatic N) is 3. The number of fused-ring (bicyclic) bond motifs is 4. The number of benzene rings is 2. The van der Waals surface area contributed by atoms with Crippen molar-refractivity contribution in [3.63, 3.8) is 0 Å². The first-order valence-corrected chi connectivity index (χ1v) is 12.0. The monoisotopic (exact) mass is 516 g/mol. The van der Waals surface area contributed by atoms with Crippen LogP contribution >= 0.6 is 0 Å². The van der Waals surface area contributed by atoms with E-state index >= 15 is 4.39 Å². The molecule has 0 spiro atoms. The second-order valence-electron chi connectivity index (χ2n) is 9.57. The summed E-state index contributed by atoms with van der Waals surface area (Å²) in [5, 5.41) is 10.3. The highest BCUT2D eigenvalue weighted by molar-refractivity contribution is 6.05. The molecule has 5 rings (SSSR count). The third-order valence-electron chi connectivity index (χ3n) is 6.83. The predicted molar refractivity (Wildman–Crippen MR) is 129 cm³/mol. The maximum atomic E-state index is 15.6. The number of phenols is 1. The van der Waals surface area contributed by atoms with Crippen LogP contribution in [0.2, 0.25) is 0 Å². The Morgan fingerprint density at radius 2 is 2.00 bits per heavy atom. The number of carbonyl (C=O) groups excluding carboxylic acids is 2. The molecule has 1 aromatic heterocycles. The number of H-pyrrole nitrogens is 1. The molecule has 0 aliphatic carbocycles. The molecule has 2 aromatic carbocycles. The van der Waals surface area contributed by atoms with Gasteiger partial charge in [-0.15, -0.1) is 0 Å². The number of amides is 3. The molecule has 2 aliphatic heterocycles. The quantitative estimate of drug-likeness (QED) is 0.444. The van der Waals surface area contributed by atoms with E-state index in [1.54, 1.807) is 12.1 Å². The zero-order chi connectivity index (χ0) is 26.4. The van der Waals surface area contributed by atoms with E-state index in [2.05, 4.69) is 4.98 Å². The van der Waals surface area contributed by atoms with E-state index in [0.29, 0.717) is 35.3 Å². The van der Waals surface area contributed by atoms with Gasteiger partial charge in [-0.3, -0.25) is 14.6 Å². The number of aromatic hydroxyl groups is 1. The highest BCUT2D eigenvalue weighted by Gasteiger charge is 2.52. The molecule has 2 unspecified atom stereocenters. The van der Waals surface area contributed by atoms with E-state index in [0.717, 1.165) is 0 Å². The fourth-order valence-corrected chi connectivity index (χ4v) is 5.27. The minimum absolute atomic E-state index is 0.0213. The number of carbonyl (C=O) groups is 2. The van der Waals surface area contributed by atoms with E-state index in [4.69, 9.17) is 4.74 Å². The Hall–Kier alpha value is -3.73. The molecule has 2 aliphatic rings. The summed E-state index contributed by atoms with van der Waals surface area (Å²) in [5.74, 6) is -1.52. The first-order valence-electron chi connectivity index (χ1n) is 12.0. The summed E-state index contributed by atoms with van der Waals surface area (Å²) in [6, 6.07) is 7.02. The van der Waals surface area contributed by atoms with Crippen molar-refractivity contribution < 1.29 is 32.6 Å². The summed E-state index contributed by atoms with van der Waals surface area (Å²) in [7, 11) is 3.81. The number of urea groups is 1. The number of aromatic amines is 1. The van der Waals surface area contributed by atoms with Crippen LogP contribution in [0.3, 0.4) is 0 Å². The molecule has 37 heavy (non-hydrogen) atoms. The fraction of sp³-hybridized carbons (Fsp3) is 0.385. The Morgan fingerprint density at radius 1 is 1.22 bits per heavy atom. The average molecular weight is 517 g/mol. The second-order valence-corrected chi connectivity index (χ2v) is 9.57. The molecule has 2 atom stereocenters. The largest absolute Gasteiger partial charge is 0.508 e. The number of rotatable bonds is 8. The summed E-state index contributed by atoms with van der Waals surface area (Å²) in [4.78, 5) is 34.9. The summed E-state index contributed by atoms with van der Waals surface area (Å²) in [6.07, 6.45) is -2.12. The van der Waals surface area contributed by atoms with Crippen molar-refractivity contribution in [2.24, 2.45) is 0 Å². The first-order chi connectivity index (χ1) is 17.7. The molecule has 1 fully saturated rings. The van der Waals surface area contributed by atoms with Gasteiger partial charge >= 0.3 is 6.03 Å². The van der Waals surface area contributed by atoms with Crippen LogP contribution in [-0.4, -0.2) is 83.0 Å². The maximum absolute atomic E-state index is 15.6. The summed E-state index contributed by atoms with van der Waals surface area (Å²) < 4.78 is 45.9. The van der Waals surface area contributed by atoms with E-state index < -0.39 is 37.0 Å². The fourth-order valence-electron chi connectivity index (χ4n) is 5.27. The molecule has 8 nitrogen and oxygen atoms in total. The third kappa shape index (κ3) is 4.37. The molecule has 3 aromatic rings. The van der Waals surface area contributed by atoms with Gasteiger partial charge in [0, 0.05) is 29.6 Å². The highest BCUT2D eigenvalue weighted by atomic mass is 19.3. The molecular formula is C26H27F3N4O4. The Morgan fingerprint density at radius 3 is 2.70 bits per heavy atom. The Balaban J connectivity index is 1.61. The van der Waals surface area contributed by atoms with Gasteiger partial charge in [0.1, 0.15) is 24.4 Å². The molecule has 0 radical (unpaired) electrons. The lowest BCUT2D eigenvalue weighted by atomic mass is 9.88. The van der Waals surface area contributed by atoms with Crippen molar-refractivity contribution in [3.8, 4) is 11.5 Å². The molecule has 196 valence electrons. The van der Waals surface area contributed by atoms with Crippen LogP contribution in [0, 0.1) is 5.82 Å². The minimum Gasteiger partial charge on any atom is -0.508 e. The van der Waals surface area contributed by atoms with Gasteiger partial charge in [-0.1, -0.05) is 12.1 Å². The number of nitrogens with one attached hydrogen (secondary N) is 1. The molecule has 2 N–H and O–H groups in total. The van der Waals surface area contributed by atoms with Gasteiger partial charge in [0.15, 0.2) is 11.6 Å². The smallest absolute Gasteiger partial charge is 0.328 e. The summed E-state index contributed by atoms with van der Waals surface area (Å²) >= 11 is 0. The van der Waals surface area contributed by atoms with Gasteiger partial charge in [0.25, 0.3) is 12.3 Å². The number of halogens is 3. The SMILES string of the molecule is CN(C)CCCN1C(=O)C2Cc3c([nH]c4ccc(OCC(F)F)c(F)c34)C(c3cccc(O)c3)N2C1=O. The summed E-state index contributed by atoms with van der Waals surface area (Å²) in [6.45, 7) is -0.0233. The average Bonchev–Trinajstić information content (AvgIpc) is 3.33. The Bertz CT molecular complexity index is 1360. The van der Waals surface area contributed by atoms with Crippen molar-refractivity contribution >= 4 is 22.8 Å². The van der Waals surface area contributed by atoms with E-state index in [9.17, 15) is 23.5 Å². The summed E-state index contributed by atoms with van der Waals surface area (Å²) in [5.41, 5.74) is 1.91.